The van der Waals surface area contributed by atoms with Crippen LogP contribution in [0.3, 0.4) is 0 Å². The van der Waals surface area contributed by atoms with E-state index in [1.807, 2.05) is 44.6 Å². The first-order valence-corrected chi connectivity index (χ1v) is 27.4. The Balaban J connectivity index is 0.000000903. The Bertz CT molecular complexity index is 1740. The van der Waals surface area contributed by atoms with Gasteiger partial charge in [0.1, 0.15) is 0 Å². The van der Waals surface area contributed by atoms with Crippen LogP contribution < -0.4 is 0 Å². The third-order valence-electron chi connectivity index (χ3n) is 15.6. The summed E-state index contributed by atoms with van der Waals surface area (Å²) in [6, 6.07) is 19.5. The summed E-state index contributed by atoms with van der Waals surface area (Å²) in [5.41, 5.74) is 22.9. The molecule has 4 atom stereocenters. The van der Waals surface area contributed by atoms with Crippen molar-refractivity contribution in [2.24, 2.45) is 45.3 Å². The van der Waals surface area contributed by atoms with Gasteiger partial charge in [0.05, 0.1) is 0 Å². The van der Waals surface area contributed by atoms with Crippen molar-refractivity contribution in [1.29, 1.82) is 0 Å². The maximum absolute atomic E-state index is 4.93. The van der Waals surface area contributed by atoms with Crippen molar-refractivity contribution in [3.05, 3.63) is 119 Å². The molecule has 8 aliphatic carbocycles. The van der Waals surface area contributed by atoms with E-state index in [2.05, 4.69) is 104 Å². The second-order valence-corrected chi connectivity index (χ2v) is 25.8. The molecular weight excluding hydrogens is 787 g/mol. The summed E-state index contributed by atoms with van der Waals surface area (Å²) in [4.78, 5) is 0. The van der Waals surface area contributed by atoms with Gasteiger partial charge in [-0.05, 0) is 179 Å². The molecule has 2 aromatic carbocycles. The van der Waals surface area contributed by atoms with Crippen LogP contribution >= 0.6 is 17.0 Å². The van der Waals surface area contributed by atoms with E-state index in [1.54, 1.807) is 22.3 Å². The number of benzene rings is 2. The molecule has 0 amide bonds. The van der Waals surface area contributed by atoms with E-state index >= 15 is 0 Å². The second kappa shape index (κ2) is 14.8. The number of allylic oxidation sites excluding steroid dienone is 8. The van der Waals surface area contributed by atoms with Gasteiger partial charge in [-0.3, -0.25) is 0 Å². The SMILES string of the molecule is CC1(C)CC2=C(C1)C1CC(c3ccccc3-c3ccccc3C3CC4C5=C(CC(C)(C)C5)C5=C(CC(C)(C)C5)C4C3)CC1C1=C2CC(C)(C)C1.[CH3-].[CH3-].[Cl][Zr+2][Cl]. The summed E-state index contributed by atoms with van der Waals surface area (Å²) in [6.07, 6.45) is 15.9. The van der Waals surface area contributed by atoms with Crippen LogP contribution in [0.25, 0.3) is 11.1 Å². The second-order valence-electron chi connectivity index (χ2n) is 22.1. The summed E-state index contributed by atoms with van der Waals surface area (Å²) in [7, 11) is 9.87. The Morgan fingerprint density at radius 2 is 0.655 bits per heavy atom. The molecule has 0 aromatic heterocycles. The molecule has 2 fully saturated rings. The number of rotatable bonds is 3. The molecule has 8 aliphatic rings. The van der Waals surface area contributed by atoms with Gasteiger partial charge in [-0.1, -0.05) is 126 Å². The Morgan fingerprint density at radius 3 is 0.909 bits per heavy atom. The van der Waals surface area contributed by atoms with E-state index in [0.717, 1.165) is 23.7 Å². The van der Waals surface area contributed by atoms with Crippen LogP contribution in [0.1, 0.15) is 155 Å². The minimum absolute atomic E-state index is 0. The first-order valence-electron chi connectivity index (χ1n) is 21.1. The number of fused-ring (bicyclic) bond motifs is 8. The van der Waals surface area contributed by atoms with Crippen molar-refractivity contribution in [2.45, 2.75) is 144 Å². The predicted octanol–water partition coefficient (Wildman–Crippen LogP) is 16.3. The quantitative estimate of drug-likeness (QED) is 0.270. The van der Waals surface area contributed by atoms with Gasteiger partial charge in [0.15, 0.2) is 0 Å². The monoisotopic (exact) mass is 852 g/mol. The first-order chi connectivity index (χ1) is 25.1. The Morgan fingerprint density at radius 1 is 0.418 bits per heavy atom. The van der Waals surface area contributed by atoms with Gasteiger partial charge in [-0.15, -0.1) is 0 Å². The van der Waals surface area contributed by atoms with Gasteiger partial charge in [0.25, 0.3) is 0 Å². The number of halogens is 2. The van der Waals surface area contributed by atoms with Crippen LogP contribution in [0.2, 0.25) is 0 Å². The summed E-state index contributed by atoms with van der Waals surface area (Å²) >= 11 is -0.826. The maximum atomic E-state index is 4.93. The molecule has 0 bridgehead atoms. The molecule has 0 radical (unpaired) electrons. The molecular formula is C52H68Cl2Zr. The van der Waals surface area contributed by atoms with Gasteiger partial charge >= 0.3 is 37.9 Å². The van der Waals surface area contributed by atoms with Crippen LogP contribution in [0, 0.1) is 60.2 Å². The van der Waals surface area contributed by atoms with E-state index in [-0.39, 0.29) is 14.9 Å². The van der Waals surface area contributed by atoms with Gasteiger partial charge in [0, 0.05) is 0 Å². The molecule has 0 N–H and O–H groups in total. The zero-order valence-corrected chi connectivity index (χ0v) is 39.8. The van der Waals surface area contributed by atoms with E-state index < -0.39 is 20.8 Å². The average molecular weight is 855 g/mol. The minimum atomic E-state index is -0.826. The molecule has 0 aliphatic heterocycles. The molecule has 0 spiro atoms. The summed E-state index contributed by atoms with van der Waals surface area (Å²) in [6.45, 7) is 20.3. The van der Waals surface area contributed by atoms with Gasteiger partial charge in [0.2, 0.25) is 0 Å². The topological polar surface area (TPSA) is 0 Å². The van der Waals surface area contributed by atoms with E-state index in [4.69, 9.17) is 17.0 Å². The fourth-order valence-electron chi connectivity index (χ4n) is 14.0. The fraction of sp³-hybridized carbons (Fsp3) is 0.577. The fourth-order valence-corrected chi connectivity index (χ4v) is 14.0. The zero-order valence-electron chi connectivity index (χ0n) is 35.8. The third-order valence-corrected chi connectivity index (χ3v) is 15.6. The summed E-state index contributed by atoms with van der Waals surface area (Å²) in [5, 5.41) is 0. The van der Waals surface area contributed by atoms with Crippen LogP contribution in [0.15, 0.2) is 93.1 Å². The van der Waals surface area contributed by atoms with Crippen molar-refractivity contribution >= 4 is 17.0 Å². The molecule has 4 unspecified atom stereocenters. The van der Waals surface area contributed by atoms with Gasteiger partial charge in [-0.25, -0.2) is 0 Å². The van der Waals surface area contributed by atoms with Crippen molar-refractivity contribution < 1.29 is 20.8 Å². The molecule has 3 heteroatoms. The molecule has 294 valence electrons. The van der Waals surface area contributed by atoms with Crippen LogP contribution in [-0.4, -0.2) is 0 Å². The van der Waals surface area contributed by atoms with E-state index in [1.165, 1.54) is 77.0 Å². The first kappa shape index (κ1) is 42.0. The molecule has 10 rings (SSSR count). The van der Waals surface area contributed by atoms with Crippen molar-refractivity contribution in [3.8, 4) is 11.1 Å². The summed E-state index contributed by atoms with van der Waals surface area (Å²) < 4.78 is 0. The molecule has 2 saturated carbocycles. The van der Waals surface area contributed by atoms with Crippen LogP contribution in [0.4, 0.5) is 0 Å². The normalized spacial score (nSPS) is 32.3. The number of hydrogen-bond acceptors (Lipinski definition) is 0. The van der Waals surface area contributed by atoms with Crippen molar-refractivity contribution in [2.75, 3.05) is 0 Å². The average Bonchev–Trinajstić information content (AvgIpc) is 3.92. The van der Waals surface area contributed by atoms with Crippen molar-refractivity contribution in [3.63, 3.8) is 0 Å². The van der Waals surface area contributed by atoms with Gasteiger partial charge < -0.3 is 14.9 Å². The standard InChI is InChI=1S/C50H62.2CH3.2ClH.Zr/c1-47(2)21-39-35-17-29(18-36(35)40-22-48(3,4)26-44(40)43(39)25-47)31-13-9-11-15-33(31)34-16-12-10-14-32(34)30-19-37-38(20-30)42-24-50(7,8)28-46(42)45-27-49(5,6)23-41(37)45;;;;;/h9-16,29-30,35-38H,17-28H2,1-8H3;2*1H3;2*1H;/q;2*-1;;;+4/p-2. The molecule has 2 aromatic rings. The molecule has 0 nitrogen and oxygen atoms in total. The summed E-state index contributed by atoms with van der Waals surface area (Å²) in [5.74, 6) is 4.36. The Kier molecular flexibility index (Phi) is 11.3. The van der Waals surface area contributed by atoms with Crippen LogP contribution in [-0.2, 0) is 20.8 Å². The molecule has 0 saturated heterocycles. The van der Waals surface area contributed by atoms with E-state index in [9.17, 15) is 0 Å². The molecule has 0 heterocycles. The third kappa shape index (κ3) is 7.30. The van der Waals surface area contributed by atoms with Crippen molar-refractivity contribution in [1.82, 2.24) is 0 Å². The molecule has 55 heavy (non-hydrogen) atoms. The Hall–Kier alpha value is -1.14. The Labute approximate surface area is 355 Å². The predicted molar refractivity (Wildman–Crippen MR) is 234 cm³/mol. The van der Waals surface area contributed by atoms with E-state index in [0.29, 0.717) is 33.5 Å². The zero-order chi connectivity index (χ0) is 37.2. The van der Waals surface area contributed by atoms with Crippen LogP contribution in [0.5, 0.6) is 0 Å². The van der Waals surface area contributed by atoms with Gasteiger partial charge in [-0.2, -0.15) is 0 Å². The number of hydrogen-bond donors (Lipinski definition) is 0.